The average molecular weight is 260 g/mol. The molecule has 0 unspecified atom stereocenters. The summed E-state index contributed by atoms with van der Waals surface area (Å²) in [7, 11) is 0. The Morgan fingerprint density at radius 3 is 2.58 bits per heavy atom. The molecule has 0 aliphatic rings. The number of nitro benzene ring substituents is 1. The molecule has 0 aromatic heterocycles. The maximum Gasteiger partial charge on any atom is 0.270 e. The summed E-state index contributed by atoms with van der Waals surface area (Å²) in [6.45, 7) is 3.77. The van der Waals surface area contributed by atoms with Crippen molar-refractivity contribution >= 4 is 11.6 Å². The fourth-order valence-electron chi connectivity index (χ4n) is 1.72. The van der Waals surface area contributed by atoms with Crippen LogP contribution in [0.1, 0.15) is 37.0 Å². The summed E-state index contributed by atoms with van der Waals surface area (Å²) < 4.78 is 0. The smallest absolute Gasteiger partial charge is 0.270 e. The van der Waals surface area contributed by atoms with E-state index in [0.717, 1.165) is 0 Å². The summed E-state index contributed by atoms with van der Waals surface area (Å²) in [5.74, 6) is 2.19. The van der Waals surface area contributed by atoms with E-state index in [1.807, 2.05) is 13.8 Å². The molecule has 0 aliphatic carbocycles. The second-order valence-electron chi connectivity index (χ2n) is 4.20. The van der Waals surface area contributed by atoms with Crippen LogP contribution < -0.4 is 5.32 Å². The molecule has 1 aromatic rings. The van der Waals surface area contributed by atoms with E-state index in [4.69, 9.17) is 6.42 Å². The number of hydrogen-bond acceptors (Lipinski definition) is 3. The highest BCUT2D eigenvalue weighted by molar-refractivity contribution is 5.95. The SMILES string of the molecule is C#CC(CC)(CC)NC(=O)c1cccc([N+](=O)[O-])c1. The van der Waals surface area contributed by atoms with E-state index in [9.17, 15) is 14.9 Å². The van der Waals surface area contributed by atoms with E-state index in [0.29, 0.717) is 12.8 Å². The van der Waals surface area contributed by atoms with Crippen molar-refractivity contribution in [3.05, 3.63) is 39.9 Å². The summed E-state index contributed by atoms with van der Waals surface area (Å²) >= 11 is 0. The summed E-state index contributed by atoms with van der Waals surface area (Å²) in [4.78, 5) is 22.2. The van der Waals surface area contributed by atoms with Crippen molar-refractivity contribution in [2.45, 2.75) is 32.2 Å². The molecule has 5 nitrogen and oxygen atoms in total. The third-order valence-electron chi connectivity index (χ3n) is 3.16. The number of nitro groups is 1. The normalized spacial score (nSPS) is 10.6. The Morgan fingerprint density at radius 1 is 1.47 bits per heavy atom. The maximum atomic E-state index is 12.1. The molecule has 0 heterocycles. The van der Waals surface area contributed by atoms with Gasteiger partial charge in [0.05, 0.1) is 4.92 Å². The number of benzene rings is 1. The van der Waals surface area contributed by atoms with Crippen molar-refractivity contribution in [1.82, 2.24) is 5.32 Å². The molecule has 0 aliphatic heterocycles. The molecule has 1 rings (SSSR count). The first-order valence-electron chi connectivity index (χ1n) is 6.02. The number of carbonyl (C=O) groups is 1. The number of terminal acetylenes is 1. The van der Waals surface area contributed by atoms with Gasteiger partial charge >= 0.3 is 0 Å². The van der Waals surface area contributed by atoms with Crippen molar-refractivity contribution in [1.29, 1.82) is 0 Å². The van der Waals surface area contributed by atoms with E-state index >= 15 is 0 Å². The number of amides is 1. The Morgan fingerprint density at radius 2 is 2.11 bits per heavy atom. The van der Waals surface area contributed by atoms with Crippen LogP contribution in [0.3, 0.4) is 0 Å². The molecule has 1 N–H and O–H groups in total. The number of non-ortho nitro benzene ring substituents is 1. The monoisotopic (exact) mass is 260 g/mol. The van der Waals surface area contributed by atoms with Crippen molar-refractivity contribution in [2.24, 2.45) is 0 Å². The molecule has 0 radical (unpaired) electrons. The first kappa shape index (κ1) is 14.7. The average Bonchev–Trinajstić information content (AvgIpc) is 2.45. The number of nitrogens with zero attached hydrogens (tertiary/aromatic N) is 1. The summed E-state index contributed by atoms with van der Waals surface area (Å²) in [5, 5.41) is 13.4. The highest BCUT2D eigenvalue weighted by Crippen LogP contribution is 2.17. The first-order valence-corrected chi connectivity index (χ1v) is 6.02. The predicted octanol–water partition coefficient (Wildman–Crippen LogP) is 2.52. The zero-order valence-corrected chi connectivity index (χ0v) is 11.0. The third-order valence-corrected chi connectivity index (χ3v) is 3.16. The minimum absolute atomic E-state index is 0.119. The quantitative estimate of drug-likeness (QED) is 0.502. The van der Waals surface area contributed by atoms with Crippen molar-refractivity contribution in [2.75, 3.05) is 0 Å². The van der Waals surface area contributed by atoms with Crippen molar-refractivity contribution in [3.63, 3.8) is 0 Å². The number of carbonyl (C=O) groups excluding carboxylic acids is 1. The molecule has 0 atom stereocenters. The Kier molecular flexibility index (Phi) is 4.65. The molecule has 0 bridgehead atoms. The van der Waals surface area contributed by atoms with Gasteiger partial charge in [-0.15, -0.1) is 6.42 Å². The zero-order chi connectivity index (χ0) is 14.5. The van der Waals surface area contributed by atoms with Gasteiger partial charge in [-0.1, -0.05) is 25.8 Å². The highest BCUT2D eigenvalue weighted by Gasteiger charge is 2.26. The topological polar surface area (TPSA) is 72.2 Å². The van der Waals surface area contributed by atoms with Gasteiger partial charge in [-0.2, -0.15) is 0 Å². The molecule has 1 aromatic carbocycles. The van der Waals surface area contributed by atoms with E-state index in [2.05, 4.69) is 11.2 Å². The first-order chi connectivity index (χ1) is 8.98. The lowest BCUT2D eigenvalue weighted by atomic mass is 9.93. The summed E-state index contributed by atoms with van der Waals surface area (Å²) in [6.07, 6.45) is 6.66. The molecular weight excluding hydrogens is 244 g/mol. The second-order valence-corrected chi connectivity index (χ2v) is 4.20. The van der Waals surface area contributed by atoms with Crippen LogP contribution in [0, 0.1) is 22.5 Å². The van der Waals surface area contributed by atoms with E-state index in [-0.39, 0.29) is 11.3 Å². The zero-order valence-electron chi connectivity index (χ0n) is 11.0. The van der Waals surface area contributed by atoms with E-state index in [1.54, 1.807) is 0 Å². The Hall–Kier alpha value is -2.35. The molecular formula is C14H16N2O3. The van der Waals surface area contributed by atoms with Crippen LogP contribution in [0.15, 0.2) is 24.3 Å². The maximum absolute atomic E-state index is 12.1. The molecule has 19 heavy (non-hydrogen) atoms. The van der Waals surface area contributed by atoms with Crippen LogP contribution in [-0.4, -0.2) is 16.4 Å². The van der Waals surface area contributed by atoms with Gasteiger partial charge in [0.15, 0.2) is 0 Å². The predicted molar refractivity (Wildman–Crippen MR) is 72.7 cm³/mol. The second kappa shape index (κ2) is 6.01. The minimum atomic E-state index is -0.707. The lowest BCUT2D eigenvalue weighted by Gasteiger charge is -2.27. The van der Waals surface area contributed by atoms with Crippen LogP contribution in [0.4, 0.5) is 5.69 Å². The Balaban J connectivity index is 2.99. The molecule has 1 amide bonds. The third kappa shape index (κ3) is 3.32. The van der Waals surface area contributed by atoms with Crippen LogP contribution in [-0.2, 0) is 0 Å². The molecule has 0 saturated carbocycles. The Bertz CT molecular complexity index is 528. The molecule has 0 spiro atoms. The molecule has 5 heteroatoms. The lowest BCUT2D eigenvalue weighted by Crippen LogP contribution is -2.46. The van der Waals surface area contributed by atoms with Crippen LogP contribution in [0.25, 0.3) is 0 Å². The van der Waals surface area contributed by atoms with Gasteiger partial charge in [-0.3, -0.25) is 14.9 Å². The largest absolute Gasteiger partial charge is 0.336 e. The minimum Gasteiger partial charge on any atom is -0.336 e. The van der Waals surface area contributed by atoms with Gasteiger partial charge in [0.25, 0.3) is 11.6 Å². The van der Waals surface area contributed by atoms with Gasteiger partial charge < -0.3 is 5.32 Å². The van der Waals surface area contributed by atoms with Crippen LogP contribution >= 0.6 is 0 Å². The van der Waals surface area contributed by atoms with Crippen molar-refractivity contribution < 1.29 is 9.72 Å². The van der Waals surface area contributed by atoms with Crippen LogP contribution in [0.2, 0.25) is 0 Å². The van der Waals surface area contributed by atoms with E-state index < -0.39 is 16.4 Å². The lowest BCUT2D eigenvalue weighted by molar-refractivity contribution is -0.384. The van der Waals surface area contributed by atoms with Gasteiger partial charge in [0.1, 0.15) is 5.54 Å². The number of hydrogen-bond donors (Lipinski definition) is 1. The fraction of sp³-hybridized carbons (Fsp3) is 0.357. The van der Waals surface area contributed by atoms with Crippen LogP contribution in [0.5, 0.6) is 0 Å². The van der Waals surface area contributed by atoms with Gasteiger partial charge in [-0.05, 0) is 18.9 Å². The standard InChI is InChI=1S/C14H16N2O3/c1-4-14(5-2,6-3)15-13(17)11-8-7-9-12(10-11)16(18)19/h1,7-10H,5-6H2,2-3H3,(H,15,17). The number of nitrogens with one attached hydrogen (secondary N) is 1. The summed E-state index contributed by atoms with van der Waals surface area (Å²) in [6, 6.07) is 5.57. The van der Waals surface area contributed by atoms with Gasteiger partial charge in [0.2, 0.25) is 0 Å². The van der Waals surface area contributed by atoms with Gasteiger partial charge in [-0.25, -0.2) is 0 Å². The Labute approximate surface area is 112 Å². The molecule has 0 fully saturated rings. The molecule has 0 saturated heterocycles. The molecule has 100 valence electrons. The highest BCUT2D eigenvalue weighted by atomic mass is 16.6. The summed E-state index contributed by atoms with van der Waals surface area (Å²) in [5.41, 5.74) is -0.593. The van der Waals surface area contributed by atoms with Crippen molar-refractivity contribution in [3.8, 4) is 12.3 Å². The van der Waals surface area contributed by atoms with Gasteiger partial charge in [0, 0.05) is 17.7 Å². The number of rotatable bonds is 5. The van der Waals surface area contributed by atoms with E-state index in [1.165, 1.54) is 24.3 Å². The fourth-order valence-corrected chi connectivity index (χ4v) is 1.72.